The number of benzene rings is 1. The summed E-state index contributed by atoms with van der Waals surface area (Å²) >= 11 is 0. The Kier molecular flexibility index (Phi) is 3.83. The molecule has 1 saturated carbocycles. The maximum atomic E-state index is 12.2. The van der Waals surface area contributed by atoms with Crippen molar-refractivity contribution in [2.75, 3.05) is 11.9 Å². The van der Waals surface area contributed by atoms with Gasteiger partial charge in [0.15, 0.2) is 0 Å². The Morgan fingerprint density at radius 2 is 2.18 bits per heavy atom. The highest BCUT2D eigenvalue weighted by molar-refractivity contribution is 5.93. The lowest BCUT2D eigenvalue weighted by molar-refractivity contribution is 0.159. The highest BCUT2D eigenvalue weighted by Gasteiger charge is 2.42. The van der Waals surface area contributed by atoms with Crippen LogP contribution in [0.4, 0.5) is 10.5 Å². The molecule has 5 nitrogen and oxygen atoms in total. The number of carbonyl (C=O) groups is 1. The standard InChI is InChI=1S/C17H23N3O2/c1-3-20-9-8-12-4-7-14(10-15(12)20)18-16(22)19-17(2,11-21)13-5-6-13/h4,7-10,13,21H,3,5-6,11H2,1-2H3,(H2,18,19,22). The molecule has 1 aromatic carbocycles. The van der Waals surface area contributed by atoms with Crippen LogP contribution in [-0.4, -0.2) is 27.9 Å². The number of urea groups is 1. The fourth-order valence-electron chi connectivity index (χ4n) is 2.95. The van der Waals surface area contributed by atoms with Crippen molar-refractivity contribution in [3.05, 3.63) is 30.5 Å². The van der Waals surface area contributed by atoms with Gasteiger partial charge in [-0.05, 0) is 56.2 Å². The number of aliphatic hydroxyl groups excluding tert-OH is 1. The summed E-state index contributed by atoms with van der Waals surface area (Å²) in [6.45, 7) is 4.84. The summed E-state index contributed by atoms with van der Waals surface area (Å²) in [6.07, 6.45) is 4.17. The zero-order chi connectivity index (χ0) is 15.7. The first-order valence-corrected chi connectivity index (χ1v) is 7.84. The normalized spacial score (nSPS) is 17.2. The molecule has 2 amide bonds. The lowest BCUT2D eigenvalue weighted by Crippen LogP contribution is -2.52. The van der Waals surface area contributed by atoms with Crippen LogP contribution in [0.15, 0.2) is 30.5 Å². The lowest BCUT2D eigenvalue weighted by Gasteiger charge is -2.28. The van der Waals surface area contributed by atoms with Crippen molar-refractivity contribution < 1.29 is 9.90 Å². The van der Waals surface area contributed by atoms with Crippen molar-refractivity contribution in [2.24, 2.45) is 5.92 Å². The smallest absolute Gasteiger partial charge is 0.319 e. The molecule has 1 heterocycles. The third-order valence-electron chi connectivity index (χ3n) is 4.58. The van der Waals surface area contributed by atoms with Crippen LogP contribution < -0.4 is 10.6 Å². The minimum absolute atomic E-state index is 0.0389. The number of carbonyl (C=O) groups excluding carboxylic acids is 1. The summed E-state index contributed by atoms with van der Waals surface area (Å²) in [4.78, 5) is 12.2. The number of nitrogens with zero attached hydrogens (tertiary/aromatic N) is 1. The Labute approximate surface area is 130 Å². The molecule has 0 radical (unpaired) electrons. The number of amides is 2. The van der Waals surface area contributed by atoms with Crippen molar-refractivity contribution >= 4 is 22.6 Å². The molecular formula is C17H23N3O2. The molecule has 1 fully saturated rings. The number of hydrogen-bond donors (Lipinski definition) is 3. The van der Waals surface area contributed by atoms with Crippen molar-refractivity contribution in [1.82, 2.24) is 9.88 Å². The number of hydrogen-bond acceptors (Lipinski definition) is 2. The van der Waals surface area contributed by atoms with E-state index < -0.39 is 5.54 Å². The van der Waals surface area contributed by atoms with E-state index in [1.165, 1.54) is 0 Å². The van der Waals surface area contributed by atoms with Crippen LogP contribution in [0.25, 0.3) is 10.9 Å². The largest absolute Gasteiger partial charge is 0.394 e. The summed E-state index contributed by atoms with van der Waals surface area (Å²) in [7, 11) is 0. The second-order valence-corrected chi connectivity index (χ2v) is 6.30. The highest BCUT2D eigenvalue weighted by atomic mass is 16.3. The third-order valence-corrected chi connectivity index (χ3v) is 4.58. The number of aliphatic hydroxyl groups is 1. The molecule has 1 unspecified atom stereocenters. The number of rotatable bonds is 5. The Hall–Kier alpha value is -2.01. The third kappa shape index (κ3) is 2.81. The zero-order valence-corrected chi connectivity index (χ0v) is 13.1. The first kappa shape index (κ1) is 14.9. The predicted octanol–water partition coefficient (Wildman–Crippen LogP) is 2.94. The van der Waals surface area contributed by atoms with Crippen molar-refractivity contribution in [3.63, 3.8) is 0 Å². The van der Waals surface area contributed by atoms with Crippen LogP contribution in [0, 0.1) is 5.92 Å². The number of fused-ring (bicyclic) bond motifs is 1. The molecule has 5 heteroatoms. The Morgan fingerprint density at radius 1 is 1.41 bits per heavy atom. The maximum absolute atomic E-state index is 12.2. The van der Waals surface area contributed by atoms with Gasteiger partial charge in [0.1, 0.15) is 0 Å². The van der Waals surface area contributed by atoms with E-state index in [1.54, 1.807) is 0 Å². The Bertz CT molecular complexity index is 690. The molecule has 3 N–H and O–H groups in total. The molecule has 1 aromatic heterocycles. The van der Waals surface area contributed by atoms with Gasteiger partial charge in [-0.15, -0.1) is 0 Å². The van der Waals surface area contributed by atoms with E-state index in [2.05, 4.69) is 28.2 Å². The van der Waals surface area contributed by atoms with E-state index in [0.29, 0.717) is 5.92 Å². The number of anilines is 1. The Morgan fingerprint density at radius 3 is 2.82 bits per heavy atom. The molecule has 1 aliphatic rings. The van der Waals surface area contributed by atoms with Crippen molar-refractivity contribution in [2.45, 2.75) is 38.8 Å². The summed E-state index contributed by atoms with van der Waals surface area (Å²) in [5.41, 5.74) is 1.33. The average Bonchev–Trinajstić information content (AvgIpc) is 3.28. The molecule has 22 heavy (non-hydrogen) atoms. The van der Waals surface area contributed by atoms with Crippen LogP contribution in [0.2, 0.25) is 0 Å². The van der Waals surface area contributed by atoms with Crippen LogP contribution in [0.3, 0.4) is 0 Å². The van der Waals surface area contributed by atoms with E-state index in [-0.39, 0.29) is 12.6 Å². The minimum Gasteiger partial charge on any atom is -0.394 e. The van der Waals surface area contributed by atoms with E-state index >= 15 is 0 Å². The van der Waals surface area contributed by atoms with E-state index in [9.17, 15) is 9.90 Å². The van der Waals surface area contributed by atoms with Gasteiger partial charge in [0.25, 0.3) is 0 Å². The molecule has 0 aliphatic heterocycles. The van der Waals surface area contributed by atoms with Gasteiger partial charge in [0.2, 0.25) is 0 Å². The van der Waals surface area contributed by atoms with Gasteiger partial charge in [0.05, 0.1) is 17.7 Å². The molecule has 0 bridgehead atoms. The van der Waals surface area contributed by atoms with Gasteiger partial charge in [-0.25, -0.2) is 4.79 Å². The SMILES string of the molecule is CCn1ccc2ccc(NC(=O)NC(C)(CO)C3CC3)cc21. The quantitative estimate of drug-likeness (QED) is 0.795. The van der Waals surface area contributed by atoms with Crippen LogP contribution >= 0.6 is 0 Å². The van der Waals surface area contributed by atoms with Crippen LogP contribution in [0.5, 0.6) is 0 Å². The van der Waals surface area contributed by atoms with Crippen LogP contribution in [-0.2, 0) is 6.54 Å². The van der Waals surface area contributed by atoms with E-state index in [1.807, 2.05) is 31.3 Å². The molecule has 3 rings (SSSR count). The van der Waals surface area contributed by atoms with Gasteiger partial charge in [0, 0.05) is 18.4 Å². The topological polar surface area (TPSA) is 66.3 Å². The number of aromatic nitrogens is 1. The number of aryl methyl sites for hydroxylation is 1. The summed E-state index contributed by atoms with van der Waals surface area (Å²) in [5, 5.41) is 16.5. The molecule has 1 atom stereocenters. The monoisotopic (exact) mass is 301 g/mol. The maximum Gasteiger partial charge on any atom is 0.319 e. The van der Waals surface area contributed by atoms with Gasteiger partial charge in [-0.1, -0.05) is 6.07 Å². The summed E-state index contributed by atoms with van der Waals surface area (Å²) < 4.78 is 2.14. The molecule has 118 valence electrons. The highest BCUT2D eigenvalue weighted by Crippen LogP contribution is 2.39. The molecule has 2 aromatic rings. The van der Waals surface area contributed by atoms with Crippen molar-refractivity contribution in [3.8, 4) is 0 Å². The van der Waals surface area contributed by atoms with E-state index in [4.69, 9.17) is 0 Å². The zero-order valence-electron chi connectivity index (χ0n) is 13.1. The second kappa shape index (κ2) is 5.65. The van der Waals surface area contributed by atoms with Gasteiger partial charge < -0.3 is 20.3 Å². The fraction of sp³-hybridized carbons (Fsp3) is 0.471. The lowest BCUT2D eigenvalue weighted by atomic mass is 9.97. The van der Waals surface area contributed by atoms with E-state index in [0.717, 1.165) is 36.0 Å². The fourth-order valence-corrected chi connectivity index (χ4v) is 2.95. The summed E-state index contributed by atoms with van der Waals surface area (Å²) in [6, 6.07) is 7.68. The minimum atomic E-state index is -0.530. The molecule has 1 aliphatic carbocycles. The van der Waals surface area contributed by atoms with Gasteiger partial charge in [-0.3, -0.25) is 0 Å². The average molecular weight is 301 g/mol. The van der Waals surface area contributed by atoms with Gasteiger partial charge >= 0.3 is 6.03 Å². The molecular weight excluding hydrogens is 278 g/mol. The first-order valence-electron chi connectivity index (χ1n) is 7.84. The predicted molar refractivity (Wildman–Crippen MR) is 88.0 cm³/mol. The molecule has 0 saturated heterocycles. The van der Waals surface area contributed by atoms with Crippen LogP contribution in [0.1, 0.15) is 26.7 Å². The molecule has 0 spiro atoms. The van der Waals surface area contributed by atoms with Crippen molar-refractivity contribution in [1.29, 1.82) is 0 Å². The summed E-state index contributed by atoms with van der Waals surface area (Å²) in [5.74, 6) is 0.378. The van der Waals surface area contributed by atoms with Gasteiger partial charge in [-0.2, -0.15) is 0 Å². The number of nitrogens with one attached hydrogen (secondary N) is 2. The first-order chi connectivity index (χ1) is 10.6. The second-order valence-electron chi connectivity index (χ2n) is 6.30. The Balaban J connectivity index is 1.73.